The first-order valence-electron chi connectivity index (χ1n) is 3.99. The van der Waals surface area contributed by atoms with Gasteiger partial charge in [-0.3, -0.25) is 4.90 Å². The van der Waals surface area contributed by atoms with Crippen LogP contribution in [0.4, 0.5) is 0 Å². The van der Waals surface area contributed by atoms with Crippen LogP contribution in [0.5, 0.6) is 0 Å². The Morgan fingerprint density at radius 2 is 2.50 bits per heavy atom. The Morgan fingerprint density at radius 1 is 1.70 bits per heavy atom. The molecule has 2 heteroatoms. The number of hydrogen-bond acceptors (Lipinski definition) is 2. The fourth-order valence-electron chi connectivity index (χ4n) is 1.56. The van der Waals surface area contributed by atoms with Gasteiger partial charge in [0.05, 0.1) is 6.54 Å². The fourth-order valence-corrected chi connectivity index (χ4v) is 1.56. The Balaban J connectivity index is 2.24. The molecule has 10 heavy (non-hydrogen) atoms. The third kappa shape index (κ3) is 2.10. The van der Waals surface area contributed by atoms with E-state index in [4.69, 9.17) is 0 Å². The highest BCUT2D eigenvalue weighted by molar-refractivity contribution is 5.51. The molecule has 0 radical (unpaired) electrons. The van der Waals surface area contributed by atoms with Crippen molar-refractivity contribution in [3.05, 3.63) is 0 Å². The zero-order valence-electron chi connectivity index (χ0n) is 6.55. The molecule has 0 aromatic heterocycles. The van der Waals surface area contributed by atoms with E-state index in [9.17, 15) is 4.79 Å². The summed E-state index contributed by atoms with van der Waals surface area (Å²) in [6.07, 6.45) is 3.59. The van der Waals surface area contributed by atoms with Crippen LogP contribution in [0.25, 0.3) is 0 Å². The molecule has 1 atom stereocenters. The predicted octanol–water partition coefficient (Wildman–Crippen LogP) is 0.917. The molecule has 0 aromatic carbocycles. The van der Waals surface area contributed by atoms with Gasteiger partial charge in [0.2, 0.25) is 0 Å². The van der Waals surface area contributed by atoms with Crippen molar-refractivity contribution in [2.45, 2.75) is 19.8 Å². The first kappa shape index (κ1) is 7.73. The van der Waals surface area contributed by atoms with Gasteiger partial charge >= 0.3 is 0 Å². The minimum atomic E-state index is 0.629. The minimum Gasteiger partial charge on any atom is -0.302 e. The molecule has 1 rings (SSSR count). The number of piperidine rings is 1. The molecule has 0 bridgehead atoms. The van der Waals surface area contributed by atoms with Gasteiger partial charge in [-0.1, -0.05) is 6.92 Å². The number of rotatable bonds is 2. The highest BCUT2D eigenvalue weighted by atomic mass is 16.1. The van der Waals surface area contributed by atoms with Crippen LogP contribution in [0.2, 0.25) is 0 Å². The monoisotopic (exact) mass is 141 g/mol. The van der Waals surface area contributed by atoms with Crippen molar-refractivity contribution in [2.75, 3.05) is 19.6 Å². The normalized spacial score (nSPS) is 28.3. The number of likely N-dealkylation sites (tertiary alicyclic amines) is 1. The lowest BCUT2D eigenvalue weighted by atomic mass is 10.0. The molecule has 1 aliphatic rings. The summed E-state index contributed by atoms with van der Waals surface area (Å²) in [5.74, 6) is 0.786. The molecule has 0 N–H and O–H groups in total. The van der Waals surface area contributed by atoms with E-state index in [0.717, 1.165) is 25.3 Å². The molecule has 0 aliphatic carbocycles. The fraction of sp³-hybridized carbons (Fsp3) is 0.875. The van der Waals surface area contributed by atoms with E-state index < -0.39 is 0 Å². The van der Waals surface area contributed by atoms with Gasteiger partial charge in [-0.2, -0.15) is 0 Å². The molecule has 1 unspecified atom stereocenters. The van der Waals surface area contributed by atoms with Gasteiger partial charge in [-0.25, -0.2) is 0 Å². The number of carbonyl (C=O) groups excluding carboxylic acids is 1. The predicted molar refractivity (Wildman–Crippen MR) is 40.9 cm³/mol. The molecule has 0 amide bonds. The zero-order valence-corrected chi connectivity index (χ0v) is 6.55. The van der Waals surface area contributed by atoms with E-state index in [1.54, 1.807) is 0 Å². The standard InChI is InChI=1S/C8H15NO/c1-8-3-2-4-9(7-8)5-6-10/h6,8H,2-5,7H2,1H3. The summed E-state index contributed by atoms with van der Waals surface area (Å²) < 4.78 is 0. The molecule has 1 heterocycles. The maximum absolute atomic E-state index is 10.1. The van der Waals surface area contributed by atoms with Crippen LogP contribution in [0.1, 0.15) is 19.8 Å². The van der Waals surface area contributed by atoms with Crippen LogP contribution in [0, 0.1) is 5.92 Å². The lowest BCUT2D eigenvalue weighted by Gasteiger charge is -2.28. The second-order valence-electron chi connectivity index (χ2n) is 3.17. The second-order valence-corrected chi connectivity index (χ2v) is 3.17. The van der Waals surface area contributed by atoms with Gasteiger partial charge in [-0.15, -0.1) is 0 Å². The average Bonchev–Trinajstić information content (AvgIpc) is 1.88. The lowest BCUT2D eigenvalue weighted by Crippen LogP contribution is -2.35. The summed E-state index contributed by atoms with van der Waals surface area (Å²) in [7, 11) is 0. The summed E-state index contributed by atoms with van der Waals surface area (Å²) in [6, 6.07) is 0. The Labute approximate surface area is 62.2 Å². The number of nitrogens with zero attached hydrogens (tertiary/aromatic N) is 1. The van der Waals surface area contributed by atoms with Gasteiger partial charge in [0.1, 0.15) is 6.29 Å². The molecule has 0 saturated carbocycles. The van der Waals surface area contributed by atoms with Crippen LogP contribution in [0.3, 0.4) is 0 Å². The van der Waals surface area contributed by atoms with Crippen molar-refractivity contribution < 1.29 is 4.79 Å². The van der Waals surface area contributed by atoms with Crippen LogP contribution in [-0.4, -0.2) is 30.8 Å². The van der Waals surface area contributed by atoms with Crippen LogP contribution >= 0.6 is 0 Å². The largest absolute Gasteiger partial charge is 0.302 e. The quantitative estimate of drug-likeness (QED) is 0.533. The lowest BCUT2D eigenvalue weighted by molar-refractivity contribution is -0.109. The van der Waals surface area contributed by atoms with E-state index in [0.29, 0.717) is 6.54 Å². The molecular weight excluding hydrogens is 126 g/mol. The molecule has 0 aromatic rings. The third-order valence-corrected chi connectivity index (χ3v) is 2.07. The van der Waals surface area contributed by atoms with Crippen molar-refractivity contribution >= 4 is 6.29 Å². The van der Waals surface area contributed by atoms with Crippen molar-refractivity contribution in [3.63, 3.8) is 0 Å². The molecule has 1 saturated heterocycles. The summed E-state index contributed by atoms with van der Waals surface area (Å²) in [6.45, 7) is 5.10. The third-order valence-electron chi connectivity index (χ3n) is 2.07. The van der Waals surface area contributed by atoms with Crippen molar-refractivity contribution in [3.8, 4) is 0 Å². The van der Waals surface area contributed by atoms with E-state index in [-0.39, 0.29) is 0 Å². The number of aldehydes is 1. The highest BCUT2D eigenvalue weighted by Gasteiger charge is 2.14. The first-order chi connectivity index (χ1) is 4.83. The van der Waals surface area contributed by atoms with Crippen molar-refractivity contribution in [1.82, 2.24) is 4.90 Å². The van der Waals surface area contributed by atoms with Crippen LogP contribution in [0.15, 0.2) is 0 Å². The first-order valence-corrected chi connectivity index (χ1v) is 3.99. The summed E-state index contributed by atoms with van der Waals surface area (Å²) >= 11 is 0. The Morgan fingerprint density at radius 3 is 3.10 bits per heavy atom. The van der Waals surface area contributed by atoms with Gasteiger partial charge in [0, 0.05) is 6.54 Å². The van der Waals surface area contributed by atoms with Crippen molar-refractivity contribution in [1.29, 1.82) is 0 Å². The Kier molecular flexibility index (Phi) is 2.87. The maximum atomic E-state index is 10.1. The Bertz CT molecular complexity index is 114. The zero-order chi connectivity index (χ0) is 7.40. The van der Waals surface area contributed by atoms with E-state index >= 15 is 0 Å². The molecule has 58 valence electrons. The molecule has 1 fully saturated rings. The summed E-state index contributed by atoms with van der Waals surface area (Å²) in [5, 5.41) is 0. The molecular formula is C8H15NO. The number of carbonyl (C=O) groups is 1. The smallest absolute Gasteiger partial charge is 0.133 e. The highest BCUT2D eigenvalue weighted by Crippen LogP contribution is 2.13. The summed E-state index contributed by atoms with van der Waals surface area (Å²) in [4.78, 5) is 12.4. The second kappa shape index (κ2) is 3.71. The summed E-state index contributed by atoms with van der Waals surface area (Å²) in [5.41, 5.74) is 0. The Hall–Kier alpha value is -0.370. The minimum absolute atomic E-state index is 0.629. The van der Waals surface area contributed by atoms with E-state index in [1.165, 1.54) is 12.8 Å². The van der Waals surface area contributed by atoms with Crippen LogP contribution < -0.4 is 0 Å². The molecule has 0 spiro atoms. The molecule has 2 nitrogen and oxygen atoms in total. The molecule has 1 aliphatic heterocycles. The topological polar surface area (TPSA) is 20.3 Å². The van der Waals surface area contributed by atoms with Gasteiger partial charge in [0.25, 0.3) is 0 Å². The average molecular weight is 141 g/mol. The SMILES string of the molecule is CC1CCCN(CC=O)C1. The van der Waals surface area contributed by atoms with Gasteiger partial charge in [0.15, 0.2) is 0 Å². The number of hydrogen-bond donors (Lipinski definition) is 0. The van der Waals surface area contributed by atoms with Crippen LogP contribution in [-0.2, 0) is 4.79 Å². The maximum Gasteiger partial charge on any atom is 0.133 e. The van der Waals surface area contributed by atoms with Crippen molar-refractivity contribution in [2.24, 2.45) is 5.92 Å². The van der Waals surface area contributed by atoms with E-state index in [1.807, 2.05) is 0 Å². The van der Waals surface area contributed by atoms with E-state index in [2.05, 4.69) is 11.8 Å². The van der Waals surface area contributed by atoms with Gasteiger partial charge < -0.3 is 4.79 Å². The van der Waals surface area contributed by atoms with Gasteiger partial charge in [-0.05, 0) is 25.3 Å².